The van der Waals surface area contributed by atoms with Gasteiger partial charge < -0.3 is 15.2 Å². The van der Waals surface area contributed by atoms with Gasteiger partial charge in [-0.1, -0.05) is 31.2 Å². The SMILES string of the molecule is CCN1CCC[C@H]1CN(Cc1cc2ccc(C)cc2[nH]c1=O)C(=S)Nc1cccc(C)c1. The highest BCUT2D eigenvalue weighted by Crippen LogP contribution is 2.20. The first-order chi connectivity index (χ1) is 15.4. The second-order valence-electron chi connectivity index (χ2n) is 8.82. The lowest BCUT2D eigenvalue weighted by atomic mass is 10.1. The molecule has 2 N–H and O–H groups in total. The number of nitrogens with one attached hydrogen (secondary N) is 2. The van der Waals surface area contributed by atoms with Gasteiger partial charge in [-0.3, -0.25) is 9.69 Å². The zero-order valence-electron chi connectivity index (χ0n) is 19.1. The molecule has 1 aliphatic rings. The zero-order chi connectivity index (χ0) is 22.7. The van der Waals surface area contributed by atoms with E-state index in [1.165, 1.54) is 12.0 Å². The summed E-state index contributed by atoms with van der Waals surface area (Å²) in [6.45, 7) is 9.75. The van der Waals surface area contributed by atoms with E-state index >= 15 is 0 Å². The molecule has 32 heavy (non-hydrogen) atoms. The van der Waals surface area contributed by atoms with Gasteiger partial charge in [0.25, 0.3) is 5.56 Å². The fourth-order valence-corrected chi connectivity index (χ4v) is 4.86. The minimum atomic E-state index is -0.0507. The molecule has 168 valence electrons. The first-order valence-corrected chi connectivity index (χ1v) is 11.8. The smallest absolute Gasteiger partial charge is 0.253 e. The predicted molar refractivity (Wildman–Crippen MR) is 137 cm³/mol. The number of rotatable bonds is 6. The second-order valence-corrected chi connectivity index (χ2v) is 9.21. The number of nitrogens with zero attached hydrogens (tertiary/aromatic N) is 2. The van der Waals surface area contributed by atoms with Crippen LogP contribution in [-0.2, 0) is 6.54 Å². The number of aryl methyl sites for hydroxylation is 2. The number of anilines is 1. The normalized spacial score (nSPS) is 16.4. The molecule has 0 spiro atoms. The highest BCUT2D eigenvalue weighted by Gasteiger charge is 2.26. The summed E-state index contributed by atoms with van der Waals surface area (Å²) in [6.07, 6.45) is 2.37. The van der Waals surface area contributed by atoms with Gasteiger partial charge in [-0.2, -0.15) is 0 Å². The van der Waals surface area contributed by atoms with Crippen molar-refractivity contribution >= 4 is 33.9 Å². The maximum Gasteiger partial charge on any atom is 0.253 e. The summed E-state index contributed by atoms with van der Waals surface area (Å²) in [4.78, 5) is 20.6. The molecule has 0 unspecified atom stereocenters. The Morgan fingerprint density at radius 3 is 2.78 bits per heavy atom. The van der Waals surface area contributed by atoms with Crippen LogP contribution < -0.4 is 10.9 Å². The van der Waals surface area contributed by atoms with Crippen LogP contribution in [0.15, 0.2) is 53.3 Å². The Labute approximate surface area is 195 Å². The number of pyridine rings is 1. The Bertz CT molecular complexity index is 1170. The molecule has 0 aliphatic carbocycles. The Kier molecular flexibility index (Phi) is 6.92. The quantitative estimate of drug-likeness (QED) is 0.529. The molecule has 1 aliphatic heterocycles. The molecular formula is C26H32N4OS. The number of fused-ring (bicyclic) bond motifs is 1. The van der Waals surface area contributed by atoms with Crippen molar-refractivity contribution in [3.05, 3.63) is 75.6 Å². The van der Waals surface area contributed by atoms with E-state index in [0.717, 1.165) is 53.8 Å². The average molecular weight is 449 g/mol. The summed E-state index contributed by atoms with van der Waals surface area (Å²) < 4.78 is 0. The van der Waals surface area contributed by atoms with E-state index in [1.54, 1.807) is 0 Å². The van der Waals surface area contributed by atoms with Crippen LogP contribution in [0.3, 0.4) is 0 Å². The van der Waals surface area contributed by atoms with E-state index in [2.05, 4.69) is 58.2 Å². The zero-order valence-corrected chi connectivity index (χ0v) is 20.0. The number of thiocarbonyl (C=S) groups is 1. The number of aromatic nitrogens is 1. The Morgan fingerprint density at radius 2 is 2.00 bits per heavy atom. The van der Waals surface area contributed by atoms with Crippen LogP contribution in [0.25, 0.3) is 10.9 Å². The Morgan fingerprint density at radius 1 is 1.19 bits per heavy atom. The van der Waals surface area contributed by atoms with Crippen molar-refractivity contribution in [3.8, 4) is 0 Å². The van der Waals surface area contributed by atoms with Gasteiger partial charge in [0.2, 0.25) is 0 Å². The predicted octanol–water partition coefficient (Wildman–Crippen LogP) is 4.83. The number of likely N-dealkylation sites (N-methyl/N-ethyl adjacent to an activating group) is 1. The third-order valence-electron chi connectivity index (χ3n) is 6.33. The first kappa shape index (κ1) is 22.5. The van der Waals surface area contributed by atoms with Gasteiger partial charge in [0.05, 0.1) is 6.54 Å². The molecule has 4 rings (SSSR count). The van der Waals surface area contributed by atoms with E-state index < -0.39 is 0 Å². The Hall–Kier alpha value is -2.70. The largest absolute Gasteiger partial charge is 0.343 e. The van der Waals surface area contributed by atoms with Gasteiger partial charge in [0.1, 0.15) is 0 Å². The number of aromatic amines is 1. The molecule has 0 bridgehead atoms. The third kappa shape index (κ3) is 5.19. The van der Waals surface area contributed by atoms with Gasteiger partial charge in [-0.25, -0.2) is 0 Å². The summed E-state index contributed by atoms with van der Waals surface area (Å²) >= 11 is 5.85. The summed E-state index contributed by atoms with van der Waals surface area (Å²) in [5.74, 6) is 0. The minimum Gasteiger partial charge on any atom is -0.343 e. The van der Waals surface area contributed by atoms with Gasteiger partial charge >= 0.3 is 0 Å². The summed E-state index contributed by atoms with van der Waals surface area (Å²) in [5.41, 5.74) is 4.84. The van der Waals surface area contributed by atoms with Crippen LogP contribution in [0.5, 0.6) is 0 Å². The molecule has 5 nitrogen and oxygen atoms in total. The maximum atomic E-state index is 12.9. The third-order valence-corrected chi connectivity index (χ3v) is 6.69. The van der Waals surface area contributed by atoms with Crippen molar-refractivity contribution < 1.29 is 0 Å². The van der Waals surface area contributed by atoms with Crippen molar-refractivity contribution in [1.82, 2.24) is 14.8 Å². The van der Waals surface area contributed by atoms with E-state index in [1.807, 2.05) is 31.2 Å². The number of hydrogen-bond acceptors (Lipinski definition) is 3. The fourth-order valence-electron chi connectivity index (χ4n) is 4.60. The first-order valence-electron chi connectivity index (χ1n) is 11.4. The lowest BCUT2D eigenvalue weighted by molar-refractivity contribution is 0.221. The lowest BCUT2D eigenvalue weighted by Crippen LogP contribution is -2.44. The second kappa shape index (κ2) is 9.84. The number of likely N-dealkylation sites (tertiary alicyclic amines) is 1. The van der Waals surface area contributed by atoms with Crippen LogP contribution in [0, 0.1) is 13.8 Å². The molecule has 0 saturated carbocycles. The van der Waals surface area contributed by atoms with Crippen molar-refractivity contribution in [3.63, 3.8) is 0 Å². The lowest BCUT2D eigenvalue weighted by Gasteiger charge is -2.32. The average Bonchev–Trinajstić information content (AvgIpc) is 3.21. The highest BCUT2D eigenvalue weighted by molar-refractivity contribution is 7.80. The molecule has 2 heterocycles. The van der Waals surface area contributed by atoms with Gasteiger partial charge in [0, 0.05) is 29.4 Å². The minimum absolute atomic E-state index is 0.0507. The monoisotopic (exact) mass is 448 g/mol. The van der Waals surface area contributed by atoms with Crippen molar-refractivity contribution in [2.45, 2.75) is 46.2 Å². The molecule has 1 saturated heterocycles. The number of benzene rings is 2. The van der Waals surface area contributed by atoms with Crippen LogP contribution in [0.2, 0.25) is 0 Å². The molecule has 3 aromatic rings. The molecular weight excluding hydrogens is 416 g/mol. The fraction of sp³-hybridized carbons (Fsp3) is 0.385. The van der Waals surface area contributed by atoms with E-state index in [0.29, 0.717) is 17.7 Å². The number of H-pyrrole nitrogens is 1. The Balaban J connectivity index is 1.61. The van der Waals surface area contributed by atoms with Crippen molar-refractivity contribution in [2.75, 3.05) is 25.0 Å². The summed E-state index contributed by atoms with van der Waals surface area (Å²) in [6, 6.07) is 16.8. The van der Waals surface area contributed by atoms with Crippen LogP contribution in [0.1, 0.15) is 36.5 Å². The van der Waals surface area contributed by atoms with Crippen LogP contribution in [-0.4, -0.2) is 45.6 Å². The summed E-state index contributed by atoms with van der Waals surface area (Å²) in [7, 11) is 0. The van der Waals surface area contributed by atoms with Crippen LogP contribution in [0.4, 0.5) is 5.69 Å². The van der Waals surface area contributed by atoms with Crippen molar-refractivity contribution in [1.29, 1.82) is 0 Å². The summed E-state index contributed by atoms with van der Waals surface area (Å²) in [5, 5.41) is 5.10. The van der Waals surface area contributed by atoms with E-state index in [9.17, 15) is 4.79 Å². The van der Waals surface area contributed by atoms with Crippen LogP contribution >= 0.6 is 12.2 Å². The molecule has 1 aromatic heterocycles. The molecule has 1 atom stereocenters. The molecule has 1 fully saturated rings. The topological polar surface area (TPSA) is 51.4 Å². The molecule has 2 aromatic carbocycles. The van der Waals surface area contributed by atoms with E-state index in [-0.39, 0.29) is 5.56 Å². The molecule has 0 radical (unpaired) electrons. The standard InChI is InChI=1S/C26H32N4OS/c1-4-29-12-6-9-23(29)17-30(26(32)27-22-8-5-7-18(2)13-22)16-21-15-20-11-10-19(3)14-24(20)28-25(21)31/h5,7-8,10-11,13-15,23H,4,6,9,12,16-17H2,1-3H3,(H,27,32)(H,28,31)/t23-/m0/s1. The highest BCUT2D eigenvalue weighted by atomic mass is 32.1. The maximum absolute atomic E-state index is 12.9. The van der Waals surface area contributed by atoms with E-state index in [4.69, 9.17) is 12.2 Å². The van der Waals surface area contributed by atoms with Gasteiger partial charge in [-0.15, -0.1) is 0 Å². The molecule has 0 amide bonds. The van der Waals surface area contributed by atoms with Gasteiger partial charge in [0.15, 0.2) is 5.11 Å². The van der Waals surface area contributed by atoms with Gasteiger partial charge in [-0.05, 0) is 92.8 Å². The molecule has 6 heteroatoms. The number of hydrogen-bond donors (Lipinski definition) is 2. The van der Waals surface area contributed by atoms with Crippen molar-refractivity contribution in [2.24, 2.45) is 0 Å².